The Hall–Kier alpha value is -0.810. The SMILES string of the molecule is CC(C)(C)OC(=O)N1CCCC(O)(C2(N)CCC2)C1. The number of piperidine rings is 1. The second-order valence-electron chi connectivity index (χ2n) is 7.05. The van der Waals surface area contributed by atoms with Crippen LogP contribution in [0.4, 0.5) is 4.79 Å². The van der Waals surface area contributed by atoms with E-state index >= 15 is 0 Å². The maximum absolute atomic E-state index is 12.1. The highest BCUT2D eigenvalue weighted by Crippen LogP contribution is 2.43. The van der Waals surface area contributed by atoms with E-state index in [0.717, 1.165) is 25.7 Å². The average Bonchev–Trinajstić information content (AvgIpc) is 2.23. The van der Waals surface area contributed by atoms with Gasteiger partial charge in [0.25, 0.3) is 0 Å². The summed E-state index contributed by atoms with van der Waals surface area (Å²) in [5, 5.41) is 10.8. The monoisotopic (exact) mass is 270 g/mol. The van der Waals surface area contributed by atoms with Gasteiger partial charge < -0.3 is 20.5 Å². The van der Waals surface area contributed by atoms with Gasteiger partial charge in [0.05, 0.1) is 6.54 Å². The van der Waals surface area contributed by atoms with Gasteiger partial charge in [-0.05, 0) is 52.9 Å². The summed E-state index contributed by atoms with van der Waals surface area (Å²) in [6.07, 6.45) is 3.83. The summed E-state index contributed by atoms with van der Waals surface area (Å²) in [7, 11) is 0. The van der Waals surface area contributed by atoms with Crippen LogP contribution in [0.2, 0.25) is 0 Å². The van der Waals surface area contributed by atoms with E-state index in [-0.39, 0.29) is 6.09 Å². The molecule has 1 aliphatic carbocycles. The highest BCUT2D eigenvalue weighted by Gasteiger charge is 2.53. The Morgan fingerprint density at radius 1 is 1.26 bits per heavy atom. The highest BCUT2D eigenvalue weighted by molar-refractivity contribution is 5.68. The van der Waals surface area contributed by atoms with Crippen LogP contribution in [0.1, 0.15) is 52.9 Å². The Balaban J connectivity index is 2.03. The molecule has 1 amide bonds. The van der Waals surface area contributed by atoms with Gasteiger partial charge in [0.2, 0.25) is 0 Å². The van der Waals surface area contributed by atoms with Crippen molar-refractivity contribution in [2.24, 2.45) is 5.73 Å². The number of ether oxygens (including phenoxy) is 1. The third kappa shape index (κ3) is 2.87. The van der Waals surface area contributed by atoms with Gasteiger partial charge in [0, 0.05) is 12.1 Å². The van der Waals surface area contributed by atoms with Crippen molar-refractivity contribution in [3.63, 3.8) is 0 Å². The molecule has 1 aliphatic heterocycles. The lowest BCUT2D eigenvalue weighted by Gasteiger charge is -2.54. The zero-order chi connectivity index (χ0) is 14.3. The molecule has 1 heterocycles. The number of hydrogen-bond donors (Lipinski definition) is 2. The van der Waals surface area contributed by atoms with Crippen LogP contribution in [0.5, 0.6) is 0 Å². The number of aliphatic hydroxyl groups is 1. The Bertz CT molecular complexity index is 360. The van der Waals surface area contributed by atoms with E-state index in [0.29, 0.717) is 19.5 Å². The fraction of sp³-hybridized carbons (Fsp3) is 0.929. The molecule has 110 valence electrons. The minimum atomic E-state index is -0.958. The molecule has 1 saturated carbocycles. The van der Waals surface area contributed by atoms with Crippen molar-refractivity contribution >= 4 is 6.09 Å². The summed E-state index contributed by atoms with van der Waals surface area (Å²) in [6.45, 7) is 6.46. The predicted molar refractivity (Wildman–Crippen MR) is 72.8 cm³/mol. The molecule has 0 radical (unpaired) electrons. The van der Waals surface area contributed by atoms with Gasteiger partial charge >= 0.3 is 6.09 Å². The molecule has 5 nitrogen and oxygen atoms in total. The highest BCUT2D eigenvalue weighted by atomic mass is 16.6. The first kappa shape index (κ1) is 14.6. The molecule has 0 aromatic carbocycles. The van der Waals surface area contributed by atoms with E-state index in [1.807, 2.05) is 20.8 Å². The van der Waals surface area contributed by atoms with Gasteiger partial charge in [0.15, 0.2) is 0 Å². The smallest absolute Gasteiger partial charge is 0.410 e. The molecule has 5 heteroatoms. The van der Waals surface area contributed by atoms with E-state index in [1.165, 1.54) is 0 Å². The van der Waals surface area contributed by atoms with Crippen LogP contribution < -0.4 is 5.73 Å². The van der Waals surface area contributed by atoms with Gasteiger partial charge in [-0.15, -0.1) is 0 Å². The predicted octanol–water partition coefficient (Wildman–Crippen LogP) is 1.63. The second-order valence-corrected chi connectivity index (χ2v) is 7.05. The molecular weight excluding hydrogens is 244 g/mol. The van der Waals surface area contributed by atoms with E-state index in [9.17, 15) is 9.90 Å². The minimum Gasteiger partial charge on any atom is -0.444 e. The van der Waals surface area contributed by atoms with Crippen LogP contribution in [0.25, 0.3) is 0 Å². The van der Waals surface area contributed by atoms with E-state index in [4.69, 9.17) is 10.5 Å². The van der Waals surface area contributed by atoms with Crippen molar-refractivity contribution in [1.82, 2.24) is 4.90 Å². The first-order valence-corrected chi connectivity index (χ1v) is 7.14. The normalized spacial score (nSPS) is 30.7. The molecule has 0 bridgehead atoms. The molecule has 19 heavy (non-hydrogen) atoms. The zero-order valence-electron chi connectivity index (χ0n) is 12.2. The molecule has 1 unspecified atom stereocenters. The standard InChI is InChI=1S/C14H26N2O3/c1-12(2,3)19-11(17)16-9-5-8-14(18,10-16)13(15)6-4-7-13/h18H,4-10,15H2,1-3H3. The largest absolute Gasteiger partial charge is 0.444 e. The lowest BCUT2D eigenvalue weighted by atomic mass is 9.63. The van der Waals surface area contributed by atoms with E-state index in [1.54, 1.807) is 4.90 Å². The fourth-order valence-electron chi connectivity index (χ4n) is 2.95. The molecule has 0 aromatic rings. The molecule has 3 N–H and O–H groups in total. The van der Waals surface area contributed by atoms with Gasteiger partial charge in [-0.25, -0.2) is 4.79 Å². The molecular formula is C14H26N2O3. The summed E-state index contributed by atoms with van der Waals surface area (Å²) in [5.74, 6) is 0. The van der Waals surface area contributed by atoms with Crippen LogP contribution in [0, 0.1) is 0 Å². The van der Waals surface area contributed by atoms with Crippen molar-refractivity contribution in [3.05, 3.63) is 0 Å². The Labute approximate surface area is 115 Å². The number of nitrogens with two attached hydrogens (primary N) is 1. The maximum Gasteiger partial charge on any atom is 0.410 e. The van der Waals surface area contributed by atoms with Gasteiger partial charge in [-0.3, -0.25) is 0 Å². The number of hydrogen-bond acceptors (Lipinski definition) is 4. The Morgan fingerprint density at radius 2 is 1.89 bits per heavy atom. The summed E-state index contributed by atoms with van der Waals surface area (Å²) in [4.78, 5) is 13.7. The van der Waals surface area contributed by atoms with Crippen LogP contribution in [-0.2, 0) is 4.74 Å². The van der Waals surface area contributed by atoms with Crippen LogP contribution >= 0.6 is 0 Å². The number of β-amino-alcohol motifs (C(OH)–C–C–N with tert-alkyl or cyclic N) is 1. The van der Waals surface area contributed by atoms with Gasteiger partial charge in [-0.1, -0.05) is 0 Å². The third-order valence-corrected chi connectivity index (χ3v) is 4.30. The number of carbonyl (C=O) groups excluding carboxylic acids is 1. The van der Waals surface area contributed by atoms with E-state index in [2.05, 4.69) is 0 Å². The first-order chi connectivity index (χ1) is 8.65. The van der Waals surface area contributed by atoms with Crippen molar-refractivity contribution in [2.45, 2.75) is 69.6 Å². The Morgan fingerprint density at radius 3 is 2.37 bits per heavy atom. The van der Waals surface area contributed by atoms with Gasteiger partial charge in [0.1, 0.15) is 11.2 Å². The fourth-order valence-corrected chi connectivity index (χ4v) is 2.95. The van der Waals surface area contributed by atoms with Crippen molar-refractivity contribution < 1.29 is 14.6 Å². The molecule has 2 fully saturated rings. The number of amides is 1. The minimum absolute atomic E-state index is 0.290. The number of likely N-dealkylation sites (tertiary alicyclic amines) is 1. The second kappa shape index (κ2) is 4.63. The Kier molecular flexibility index (Phi) is 3.56. The lowest BCUT2D eigenvalue weighted by Crippen LogP contribution is -2.70. The topological polar surface area (TPSA) is 75.8 Å². The van der Waals surface area contributed by atoms with Crippen LogP contribution in [-0.4, -0.2) is 45.9 Å². The summed E-state index contributed by atoms with van der Waals surface area (Å²) < 4.78 is 5.37. The molecule has 1 atom stereocenters. The van der Waals surface area contributed by atoms with Crippen LogP contribution in [0.3, 0.4) is 0 Å². The third-order valence-electron chi connectivity index (χ3n) is 4.30. The summed E-state index contributed by atoms with van der Waals surface area (Å²) in [6, 6.07) is 0. The number of rotatable bonds is 1. The summed E-state index contributed by atoms with van der Waals surface area (Å²) >= 11 is 0. The van der Waals surface area contributed by atoms with Crippen LogP contribution in [0.15, 0.2) is 0 Å². The quantitative estimate of drug-likeness (QED) is 0.759. The lowest BCUT2D eigenvalue weighted by molar-refractivity contribution is -0.112. The first-order valence-electron chi connectivity index (χ1n) is 7.14. The average molecular weight is 270 g/mol. The van der Waals surface area contributed by atoms with Crippen molar-refractivity contribution in [2.75, 3.05) is 13.1 Å². The maximum atomic E-state index is 12.1. The zero-order valence-corrected chi connectivity index (χ0v) is 12.2. The van der Waals surface area contributed by atoms with Gasteiger partial charge in [-0.2, -0.15) is 0 Å². The molecule has 2 aliphatic rings. The number of carbonyl (C=O) groups is 1. The van der Waals surface area contributed by atoms with Crippen molar-refractivity contribution in [1.29, 1.82) is 0 Å². The summed E-state index contributed by atoms with van der Waals surface area (Å²) in [5.41, 5.74) is 4.28. The molecule has 2 rings (SSSR count). The molecule has 0 spiro atoms. The van der Waals surface area contributed by atoms with E-state index < -0.39 is 16.7 Å². The molecule has 1 saturated heterocycles. The molecule has 0 aromatic heterocycles. The number of nitrogens with zero attached hydrogens (tertiary/aromatic N) is 1. The van der Waals surface area contributed by atoms with Crippen molar-refractivity contribution in [3.8, 4) is 0 Å².